The fourth-order valence-corrected chi connectivity index (χ4v) is 2.68. The first-order valence-corrected chi connectivity index (χ1v) is 7.13. The van der Waals surface area contributed by atoms with Crippen LogP contribution in [-0.4, -0.2) is 43.0 Å². The van der Waals surface area contributed by atoms with Gasteiger partial charge in [0.2, 0.25) is 5.91 Å². The van der Waals surface area contributed by atoms with E-state index in [0.29, 0.717) is 13.1 Å². The Morgan fingerprint density at radius 3 is 3.10 bits per heavy atom. The summed E-state index contributed by atoms with van der Waals surface area (Å²) < 4.78 is 13.4. The molecule has 1 aromatic rings. The van der Waals surface area contributed by atoms with Crippen molar-refractivity contribution in [1.82, 2.24) is 15.5 Å². The van der Waals surface area contributed by atoms with Crippen molar-refractivity contribution in [2.45, 2.75) is 25.9 Å². The van der Waals surface area contributed by atoms with Crippen molar-refractivity contribution in [2.75, 3.05) is 26.2 Å². The summed E-state index contributed by atoms with van der Waals surface area (Å²) in [4.78, 5) is 14.3. The zero-order chi connectivity index (χ0) is 14.5. The quantitative estimate of drug-likeness (QED) is 0.873. The van der Waals surface area contributed by atoms with Gasteiger partial charge in [0, 0.05) is 32.2 Å². The molecule has 1 aliphatic heterocycles. The smallest absolute Gasteiger partial charge is 0.238 e. The van der Waals surface area contributed by atoms with E-state index < -0.39 is 0 Å². The number of piperazine rings is 1. The van der Waals surface area contributed by atoms with E-state index in [9.17, 15) is 9.18 Å². The number of carbonyl (C=O) groups is 1. The Bertz CT molecular complexity index is 466. The van der Waals surface area contributed by atoms with E-state index in [2.05, 4.69) is 15.5 Å². The maximum atomic E-state index is 13.4. The number of likely N-dealkylation sites (N-methyl/N-ethyl adjacent to an activating group) is 1. The molecule has 5 heteroatoms. The van der Waals surface area contributed by atoms with Gasteiger partial charge in [-0.05, 0) is 31.5 Å². The molecule has 0 aliphatic carbocycles. The van der Waals surface area contributed by atoms with Crippen LogP contribution >= 0.6 is 0 Å². The number of benzene rings is 1. The maximum absolute atomic E-state index is 13.4. The lowest BCUT2D eigenvalue weighted by molar-refractivity contribution is -0.128. The largest absolute Gasteiger partial charge is 0.355 e. The lowest BCUT2D eigenvalue weighted by Gasteiger charge is -2.39. The monoisotopic (exact) mass is 279 g/mol. The zero-order valence-corrected chi connectivity index (χ0v) is 12.0. The average Bonchev–Trinajstić information content (AvgIpc) is 2.47. The fourth-order valence-electron chi connectivity index (χ4n) is 2.68. The van der Waals surface area contributed by atoms with E-state index in [4.69, 9.17) is 0 Å². The van der Waals surface area contributed by atoms with Crippen molar-refractivity contribution in [3.8, 4) is 0 Å². The summed E-state index contributed by atoms with van der Waals surface area (Å²) >= 11 is 0. The molecule has 4 nitrogen and oxygen atoms in total. The summed E-state index contributed by atoms with van der Waals surface area (Å²) in [5.74, 6) is -0.206. The lowest BCUT2D eigenvalue weighted by Crippen LogP contribution is -2.58. The van der Waals surface area contributed by atoms with Crippen molar-refractivity contribution in [2.24, 2.45) is 0 Å². The number of hydrogen-bond acceptors (Lipinski definition) is 3. The van der Waals surface area contributed by atoms with Crippen molar-refractivity contribution in [1.29, 1.82) is 0 Å². The molecule has 1 heterocycles. The van der Waals surface area contributed by atoms with Gasteiger partial charge >= 0.3 is 0 Å². The summed E-state index contributed by atoms with van der Waals surface area (Å²) in [6.45, 7) is 6.80. The highest BCUT2D eigenvalue weighted by molar-refractivity contribution is 5.82. The minimum absolute atomic E-state index is 0.0143. The topological polar surface area (TPSA) is 44.4 Å². The van der Waals surface area contributed by atoms with E-state index in [1.54, 1.807) is 12.1 Å². The van der Waals surface area contributed by atoms with Gasteiger partial charge in [0.15, 0.2) is 0 Å². The molecule has 1 aliphatic rings. The van der Waals surface area contributed by atoms with E-state index in [1.165, 1.54) is 6.07 Å². The Morgan fingerprint density at radius 1 is 1.60 bits per heavy atom. The van der Waals surface area contributed by atoms with E-state index >= 15 is 0 Å². The summed E-state index contributed by atoms with van der Waals surface area (Å²) in [5.41, 5.74) is 0.904. The first-order valence-electron chi connectivity index (χ1n) is 7.13. The third kappa shape index (κ3) is 3.35. The van der Waals surface area contributed by atoms with Crippen molar-refractivity contribution in [3.63, 3.8) is 0 Å². The Hall–Kier alpha value is -1.46. The van der Waals surface area contributed by atoms with Crippen LogP contribution < -0.4 is 10.6 Å². The molecular weight excluding hydrogens is 257 g/mol. The fraction of sp³-hybridized carbons (Fsp3) is 0.533. The SMILES string of the molecule is CCNC(=O)C1CNCCN1C(C)c1cccc(F)c1. The van der Waals surface area contributed by atoms with Crippen LogP contribution in [0.25, 0.3) is 0 Å². The minimum atomic E-state index is -0.237. The van der Waals surface area contributed by atoms with E-state index in [-0.39, 0.29) is 23.8 Å². The molecule has 2 unspecified atom stereocenters. The second-order valence-electron chi connectivity index (χ2n) is 5.08. The van der Waals surface area contributed by atoms with Crippen LogP contribution in [0.3, 0.4) is 0 Å². The summed E-state index contributed by atoms with van der Waals surface area (Å²) in [6, 6.07) is 6.41. The normalized spacial score (nSPS) is 21.4. The number of amides is 1. The molecule has 1 saturated heterocycles. The standard InChI is InChI=1S/C15H22FN3O/c1-3-18-15(20)14-10-17-7-8-19(14)11(2)12-5-4-6-13(16)9-12/h4-6,9,11,14,17H,3,7-8,10H2,1-2H3,(H,18,20). The molecule has 0 saturated carbocycles. The van der Waals surface area contributed by atoms with Gasteiger partial charge in [-0.15, -0.1) is 0 Å². The Morgan fingerprint density at radius 2 is 2.40 bits per heavy atom. The molecule has 2 atom stereocenters. The first-order chi connectivity index (χ1) is 9.63. The molecule has 2 rings (SSSR count). The Labute approximate surface area is 119 Å². The Balaban J connectivity index is 2.16. The molecule has 0 aromatic heterocycles. The molecule has 2 N–H and O–H groups in total. The van der Waals surface area contributed by atoms with Gasteiger partial charge in [-0.3, -0.25) is 9.69 Å². The average molecular weight is 279 g/mol. The molecule has 1 amide bonds. The third-order valence-electron chi connectivity index (χ3n) is 3.77. The van der Waals surface area contributed by atoms with Gasteiger partial charge in [0.1, 0.15) is 11.9 Å². The number of nitrogens with zero attached hydrogens (tertiary/aromatic N) is 1. The van der Waals surface area contributed by atoms with Gasteiger partial charge < -0.3 is 10.6 Å². The number of hydrogen-bond donors (Lipinski definition) is 2. The van der Waals surface area contributed by atoms with Crippen LogP contribution in [0, 0.1) is 5.82 Å². The Kier molecular flexibility index (Phi) is 5.09. The highest BCUT2D eigenvalue weighted by atomic mass is 19.1. The van der Waals surface area contributed by atoms with Crippen molar-refractivity contribution >= 4 is 5.91 Å². The van der Waals surface area contributed by atoms with Crippen LogP contribution in [0.1, 0.15) is 25.5 Å². The van der Waals surface area contributed by atoms with Gasteiger partial charge in [-0.1, -0.05) is 12.1 Å². The van der Waals surface area contributed by atoms with Gasteiger partial charge in [-0.25, -0.2) is 4.39 Å². The molecule has 0 radical (unpaired) electrons. The van der Waals surface area contributed by atoms with Crippen LogP contribution in [0.4, 0.5) is 4.39 Å². The molecule has 0 spiro atoms. The predicted molar refractivity (Wildman–Crippen MR) is 76.9 cm³/mol. The first kappa shape index (κ1) is 14.9. The van der Waals surface area contributed by atoms with Crippen molar-refractivity contribution < 1.29 is 9.18 Å². The summed E-state index contributed by atoms with van der Waals surface area (Å²) in [5, 5.41) is 6.11. The summed E-state index contributed by atoms with van der Waals surface area (Å²) in [6.07, 6.45) is 0. The van der Waals surface area contributed by atoms with Gasteiger partial charge in [-0.2, -0.15) is 0 Å². The molecule has 1 fully saturated rings. The van der Waals surface area contributed by atoms with Crippen LogP contribution in [0.15, 0.2) is 24.3 Å². The third-order valence-corrected chi connectivity index (χ3v) is 3.77. The molecule has 20 heavy (non-hydrogen) atoms. The van der Waals surface area contributed by atoms with Crippen molar-refractivity contribution in [3.05, 3.63) is 35.6 Å². The lowest BCUT2D eigenvalue weighted by atomic mass is 10.0. The van der Waals surface area contributed by atoms with Crippen LogP contribution in [0.2, 0.25) is 0 Å². The molecule has 0 bridgehead atoms. The highest BCUT2D eigenvalue weighted by Crippen LogP contribution is 2.24. The molecule has 110 valence electrons. The second-order valence-corrected chi connectivity index (χ2v) is 5.08. The van der Waals surface area contributed by atoms with E-state index in [0.717, 1.165) is 18.7 Å². The molecule has 1 aromatic carbocycles. The number of carbonyl (C=O) groups excluding carboxylic acids is 1. The van der Waals surface area contributed by atoms with E-state index in [1.807, 2.05) is 19.9 Å². The summed E-state index contributed by atoms with van der Waals surface area (Å²) in [7, 11) is 0. The minimum Gasteiger partial charge on any atom is -0.355 e. The maximum Gasteiger partial charge on any atom is 0.238 e. The number of nitrogens with one attached hydrogen (secondary N) is 2. The highest BCUT2D eigenvalue weighted by Gasteiger charge is 2.32. The number of halogens is 1. The zero-order valence-electron chi connectivity index (χ0n) is 12.0. The predicted octanol–water partition coefficient (Wildman–Crippen LogP) is 1.30. The van der Waals surface area contributed by atoms with Crippen LogP contribution in [-0.2, 0) is 4.79 Å². The number of rotatable bonds is 4. The van der Waals surface area contributed by atoms with Gasteiger partial charge in [0.05, 0.1) is 0 Å². The van der Waals surface area contributed by atoms with Crippen LogP contribution in [0.5, 0.6) is 0 Å². The van der Waals surface area contributed by atoms with Gasteiger partial charge in [0.25, 0.3) is 0 Å². The second kappa shape index (κ2) is 6.81. The molecular formula is C15H22FN3O.